The van der Waals surface area contributed by atoms with Gasteiger partial charge in [-0.05, 0) is 54.8 Å². The zero-order valence-corrected chi connectivity index (χ0v) is 17.6. The second-order valence-electron chi connectivity index (χ2n) is 7.48. The lowest BCUT2D eigenvalue weighted by Gasteiger charge is -2.18. The van der Waals surface area contributed by atoms with Crippen molar-refractivity contribution in [2.24, 2.45) is 5.92 Å². The lowest BCUT2D eigenvalue weighted by atomic mass is 10.1. The zero-order chi connectivity index (χ0) is 20.4. The smallest absolute Gasteiger partial charge is 0.162 e. The largest absolute Gasteiger partial charge is 0.486 e. The Morgan fingerprint density at radius 1 is 1.10 bits per heavy atom. The molecule has 0 bridgehead atoms. The predicted molar refractivity (Wildman–Crippen MR) is 112 cm³/mol. The predicted octanol–water partition coefficient (Wildman–Crippen LogP) is 4.98. The highest BCUT2D eigenvalue weighted by Gasteiger charge is 2.16. The number of aromatic nitrogens is 3. The van der Waals surface area contributed by atoms with E-state index in [9.17, 15) is 4.39 Å². The van der Waals surface area contributed by atoms with E-state index < -0.39 is 0 Å². The van der Waals surface area contributed by atoms with Crippen molar-refractivity contribution < 1.29 is 13.9 Å². The Labute approximate surface area is 174 Å². The molecule has 29 heavy (non-hydrogen) atoms. The van der Waals surface area contributed by atoms with Gasteiger partial charge in [0.05, 0.1) is 11.4 Å². The maximum atomic E-state index is 13.6. The molecule has 5 nitrogen and oxygen atoms in total. The summed E-state index contributed by atoms with van der Waals surface area (Å²) < 4.78 is 26.7. The highest BCUT2D eigenvalue weighted by molar-refractivity contribution is 7.98. The third kappa shape index (κ3) is 4.56. The van der Waals surface area contributed by atoms with E-state index in [1.807, 2.05) is 29.8 Å². The third-order valence-corrected chi connectivity index (χ3v) is 5.57. The van der Waals surface area contributed by atoms with Crippen LogP contribution in [0.4, 0.5) is 4.39 Å². The van der Waals surface area contributed by atoms with E-state index >= 15 is 0 Å². The maximum Gasteiger partial charge on any atom is 0.162 e. The van der Waals surface area contributed by atoms with Crippen molar-refractivity contribution in [3.8, 4) is 17.2 Å². The van der Waals surface area contributed by atoms with Gasteiger partial charge in [-0.2, -0.15) is 5.10 Å². The third-order valence-electron chi connectivity index (χ3n) is 4.58. The van der Waals surface area contributed by atoms with Gasteiger partial charge in [0.2, 0.25) is 0 Å². The summed E-state index contributed by atoms with van der Waals surface area (Å²) in [4.78, 5) is 5.85. The van der Waals surface area contributed by atoms with Crippen LogP contribution in [-0.4, -0.2) is 28.0 Å². The van der Waals surface area contributed by atoms with E-state index in [0.717, 1.165) is 45.7 Å². The maximum absolute atomic E-state index is 13.6. The molecule has 0 atom stereocenters. The van der Waals surface area contributed by atoms with Gasteiger partial charge in [-0.3, -0.25) is 0 Å². The van der Waals surface area contributed by atoms with Gasteiger partial charge in [0.1, 0.15) is 24.9 Å². The molecule has 1 aliphatic rings. The molecular formula is C22H24FN3O2S. The Hall–Kier alpha value is -2.54. The van der Waals surface area contributed by atoms with Crippen LogP contribution >= 0.6 is 11.8 Å². The van der Waals surface area contributed by atoms with Crippen LogP contribution in [0.5, 0.6) is 11.5 Å². The molecule has 0 saturated carbocycles. The molecule has 0 spiro atoms. The number of ether oxygens (including phenoxy) is 2. The molecule has 2 aromatic carbocycles. The fraction of sp³-hybridized carbons (Fsp3) is 0.364. The summed E-state index contributed by atoms with van der Waals surface area (Å²) in [6.45, 7) is 7.33. The Balaban J connectivity index is 1.61. The molecule has 7 heteroatoms. The number of hydrogen-bond acceptors (Lipinski definition) is 5. The van der Waals surface area contributed by atoms with Crippen molar-refractivity contribution in [1.29, 1.82) is 0 Å². The summed E-state index contributed by atoms with van der Waals surface area (Å²) >= 11 is 1.66. The van der Waals surface area contributed by atoms with E-state index in [0.29, 0.717) is 24.9 Å². The summed E-state index contributed by atoms with van der Waals surface area (Å²) in [7, 11) is 0. The fourth-order valence-corrected chi connectivity index (χ4v) is 4.08. The van der Waals surface area contributed by atoms with Gasteiger partial charge in [-0.25, -0.2) is 14.1 Å². The standard InChI is InChI=1S/C22H24FN3O2S/c1-14(2)10-21-24-22(26(25-21)18-6-4-16(23)11-15(18)3)13-29-17-5-7-19-20(12-17)28-9-8-27-19/h4-7,11-12,14H,8-10,13H2,1-3H3. The molecule has 0 amide bonds. The number of thioether (sulfide) groups is 1. The number of benzene rings is 2. The lowest BCUT2D eigenvalue weighted by Crippen LogP contribution is -2.15. The van der Waals surface area contributed by atoms with E-state index in [-0.39, 0.29) is 5.82 Å². The zero-order valence-electron chi connectivity index (χ0n) is 16.8. The van der Waals surface area contributed by atoms with Gasteiger partial charge in [-0.15, -0.1) is 11.8 Å². The van der Waals surface area contributed by atoms with Crippen molar-refractivity contribution in [2.45, 2.75) is 37.8 Å². The Bertz CT molecular complexity index is 1020. The summed E-state index contributed by atoms with van der Waals surface area (Å²) in [5, 5.41) is 4.72. The first-order chi connectivity index (χ1) is 14.0. The Kier molecular flexibility index (Phi) is 5.76. The number of hydrogen-bond donors (Lipinski definition) is 0. The summed E-state index contributed by atoms with van der Waals surface area (Å²) in [5.74, 6) is 4.06. The van der Waals surface area contributed by atoms with E-state index in [2.05, 4.69) is 13.8 Å². The highest BCUT2D eigenvalue weighted by atomic mass is 32.2. The second kappa shape index (κ2) is 8.45. The number of halogens is 1. The summed E-state index contributed by atoms with van der Waals surface area (Å²) in [5.41, 5.74) is 1.68. The Morgan fingerprint density at radius 2 is 1.90 bits per heavy atom. The molecule has 152 valence electrons. The molecule has 3 aromatic rings. The van der Waals surface area contributed by atoms with E-state index in [1.165, 1.54) is 12.1 Å². The number of rotatable bonds is 6. The first kappa shape index (κ1) is 19.8. The number of aryl methyl sites for hydroxylation is 1. The second-order valence-corrected chi connectivity index (χ2v) is 8.53. The van der Waals surface area contributed by atoms with E-state index in [1.54, 1.807) is 17.8 Å². The lowest BCUT2D eigenvalue weighted by molar-refractivity contribution is 0.171. The first-order valence-corrected chi connectivity index (χ1v) is 10.7. The SMILES string of the molecule is Cc1cc(F)ccc1-n1nc(CC(C)C)nc1CSc1ccc2c(c1)OCCO2. The topological polar surface area (TPSA) is 49.2 Å². The van der Waals surface area contributed by atoms with Gasteiger partial charge in [0, 0.05) is 11.3 Å². The van der Waals surface area contributed by atoms with Crippen LogP contribution in [0, 0.1) is 18.7 Å². The van der Waals surface area contributed by atoms with Crippen LogP contribution in [-0.2, 0) is 12.2 Å². The minimum Gasteiger partial charge on any atom is -0.486 e. The average molecular weight is 414 g/mol. The molecule has 0 saturated heterocycles. The van der Waals surface area contributed by atoms with Crippen LogP contribution in [0.1, 0.15) is 31.1 Å². The normalized spacial score (nSPS) is 13.1. The van der Waals surface area contributed by atoms with E-state index in [4.69, 9.17) is 19.6 Å². The van der Waals surface area contributed by atoms with Gasteiger partial charge in [-0.1, -0.05) is 13.8 Å². The quantitative estimate of drug-likeness (QED) is 0.534. The molecule has 0 radical (unpaired) electrons. The van der Waals surface area contributed by atoms with Crippen LogP contribution in [0.2, 0.25) is 0 Å². The van der Waals surface area contributed by atoms with Gasteiger partial charge in [0.15, 0.2) is 17.3 Å². The molecule has 0 N–H and O–H groups in total. The molecule has 2 heterocycles. The summed E-state index contributed by atoms with van der Waals surface area (Å²) in [6, 6.07) is 10.7. The first-order valence-electron chi connectivity index (χ1n) is 9.73. The van der Waals surface area contributed by atoms with Crippen molar-refractivity contribution in [1.82, 2.24) is 14.8 Å². The number of nitrogens with zero attached hydrogens (tertiary/aromatic N) is 3. The van der Waals surface area contributed by atoms with Crippen molar-refractivity contribution >= 4 is 11.8 Å². The average Bonchev–Trinajstić information content (AvgIpc) is 3.07. The van der Waals surface area contributed by atoms with Crippen LogP contribution in [0.15, 0.2) is 41.3 Å². The van der Waals surface area contributed by atoms with Crippen molar-refractivity contribution in [3.63, 3.8) is 0 Å². The molecule has 0 fully saturated rings. The molecule has 1 aliphatic heterocycles. The van der Waals surface area contributed by atoms with Crippen LogP contribution in [0.25, 0.3) is 5.69 Å². The minimum absolute atomic E-state index is 0.249. The van der Waals surface area contributed by atoms with Crippen molar-refractivity contribution in [2.75, 3.05) is 13.2 Å². The van der Waals surface area contributed by atoms with Gasteiger partial charge < -0.3 is 9.47 Å². The summed E-state index contributed by atoms with van der Waals surface area (Å²) in [6.07, 6.45) is 0.801. The monoisotopic (exact) mass is 413 g/mol. The van der Waals surface area contributed by atoms with Gasteiger partial charge in [0.25, 0.3) is 0 Å². The molecule has 0 aliphatic carbocycles. The molecule has 1 aromatic heterocycles. The molecule has 0 unspecified atom stereocenters. The minimum atomic E-state index is -0.249. The fourth-order valence-electron chi connectivity index (χ4n) is 3.25. The molecular weight excluding hydrogens is 389 g/mol. The van der Waals surface area contributed by atoms with Crippen molar-refractivity contribution in [3.05, 3.63) is 59.4 Å². The van der Waals surface area contributed by atoms with Crippen LogP contribution < -0.4 is 9.47 Å². The van der Waals surface area contributed by atoms with Crippen LogP contribution in [0.3, 0.4) is 0 Å². The van der Waals surface area contributed by atoms with Gasteiger partial charge >= 0.3 is 0 Å². The highest BCUT2D eigenvalue weighted by Crippen LogP contribution is 2.35. The Morgan fingerprint density at radius 3 is 2.66 bits per heavy atom. The molecule has 4 rings (SSSR count). The number of fused-ring (bicyclic) bond motifs is 1.